The van der Waals surface area contributed by atoms with Gasteiger partial charge < -0.3 is 14.5 Å². The number of aromatic nitrogens is 1. The quantitative estimate of drug-likeness (QED) is 0.663. The number of rotatable bonds is 2. The first-order chi connectivity index (χ1) is 14.6. The van der Waals surface area contributed by atoms with E-state index in [0.29, 0.717) is 25.1 Å². The Bertz CT molecular complexity index is 1120. The molecule has 3 aromatic rings. The lowest BCUT2D eigenvalue weighted by Gasteiger charge is -2.54. The van der Waals surface area contributed by atoms with Gasteiger partial charge >= 0.3 is 0 Å². The number of carbonyl (C=O) groups is 2. The van der Waals surface area contributed by atoms with Crippen LogP contribution in [0.5, 0.6) is 0 Å². The Morgan fingerprint density at radius 1 is 1.13 bits per heavy atom. The highest BCUT2D eigenvalue weighted by molar-refractivity contribution is 5.98. The number of pyridine rings is 1. The van der Waals surface area contributed by atoms with Gasteiger partial charge in [0.1, 0.15) is 12.7 Å². The van der Waals surface area contributed by atoms with Gasteiger partial charge in [0.25, 0.3) is 5.91 Å². The maximum absolute atomic E-state index is 13.3. The predicted molar refractivity (Wildman–Crippen MR) is 113 cm³/mol. The average molecular weight is 401 g/mol. The van der Waals surface area contributed by atoms with E-state index < -0.39 is 5.54 Å². The van der Waals surface area contributed by atoms with Crippen molar-refractivity contribution in [2.24, 2.45) is 0 Å². The largest absolute Gasteiger partial charge is 0.364 e. The van der Waals surface area contributed by atoms with Gasteiger partial charge in [-0.05, 0) is 36.2 Å². The summed E-state index contributed by atoms with van der Waals surface area (Å²) in [5, 5.41) is 0.943. The number of hydrogen-bond donors (Lipinski definition) is 0. The average Bonchev–Trinajstić information content (AvgIpc) is 2.81. The second-order valence-electron chi connectivity index (χ2n) is 7.95. The van der Waals surface area contributed by atoms with Crippen LogP contribution in [0, 0.1) is 0 Å². The number of benzene rings is 2. The van der Waals surface area contributed by atoms with Gasteiger partial charge in [-0.1, -0.05) is 36.4 Å². The van der Waals surface area contributed by atoms with Gasteiger partial charge in [0.15, 0.2) is 0 Å². The Morgan fingerprint density at radius 3 is 2.80 bits per heavy atom. The van der Waals surface area contributed by atoms with Crippen LogP contribution in [-0.4, -0.2) is 59.4 Å². The number of morpholine rings is 1. The molecule has 0 spiro atoms. The smallest absolute Gasteiger partial charge is 0.253 e. The summed E-state index contributed by atoms with van der Waals surface area (Å²) in [4.78, 5) is 33.8. The molecule has 1 aromatic heterocycles. The molecule has 2 aliphatic heterocycles. The van der Waals surface area contributed by atoms with E-state index in [1.807, 2.05) is 77.5 Å². The zero-order valence-corrected chi connectivity index (χ0v) is 16.8. The summed E-state index contributed by atoms with van der Waals surface area (Å²) in [5.74, 6) is -0.0533. The first kappa shape index (κ1) is 18.8. The van der Waals surface area contributed by atoms with Crippen molar-refractivity contribution in [2.45, 2.75) is 18.1 Å². The SMILES string of the molecule is CN1C(=O)CO[C@@H]2CN(C(=O)c3ccc4ncccc4c3)CC[C@]21c1ccccc1. The van der Waals surface area contributed by atoms with Crippen molar-refractivity contribution in [3.8, 4) is 0 Å². The molecule has 30 heavy (non-hydrogen) atoms. The molecule has 2 aromatic carbocycles. The zero-order valence-electron chi connectivity index (χ0n) is 16.8. The number of carbonyl (C=O) groups excluding carboxylic acids is 2. The molecule has 3 heterocycles. The van der Waals surface area contributed by atoms with E-state index in [4.69, 9.17) is 4.74 Å². The molecule has 2 aliphatic rings. The molecule has 2 amide bonds. The molecule has 0 aliphatic carbocycles. The number of ether oxygens (including phenoxy) is 1. The summed E-state index contributed by atoms with van der Waals surface area (Å²) in [6.07, 6.45) is 2.10. The summed E-state index contributed by atoms with van der Waals surface area (Å²) in [6.45, 7) is 1.03. The lowest BCUT2D eigenvalue weighted by Crippen LogP contribution is -2.67. The molecule has 0 bridgehead atoms. The maximum Gasteiger partial charge on any atom is 0.253 e. The van der Waals surface area contributed by atoms with Crippen LogP contribution in [0.15, 0.2) is 66.9 Å². The molecule has 5 rings (SSSR count). The fourth-order valence-corrected chi connectivity index (χ4v) is 4.80. The Kier molecular flexibility index (Phi) is 4.51. The number of likely N-dealkylation sites (N-methyl/N-ethyl adjacent to an activating group) is 1. The Hall–Kier alpha value is -3.25. The second kappa shape index (κ2) is 7.22. The third-order valence-corrected chi connectivity index (χ3v) is 6.47. The molecule has 6 nitrogen and oxygen atoms in total. The first-order valence-corrected chi connectivity index (χ1v) is 10.2. The molecule has 0 N–H and O–H groups in total. The van der Waals surface area contributed by atoms with Gasteiger partial charge in [0.2, 0.25) is 5.91 Å². The molecule has 0 saturated carbocycles. The normalized spacial score (nSPS) is 24.0. The van der Waals surface area contributed by atoms with Gasteiger partial charge in [-0.15, -0.1) is 0 Å². The highest BCUT2D eigenvalue weighted by Crippen LogP contribution is 2.42. The number of fused-ring (bicyclic) bond motifs is 2. The van der Waals surface area contributed by atoms with E-state index in [2.05, 4.69) is 4.98 Å². The molecule has 2 atom stereocenters. The molecule has 6 heteroatoms. The summed E-state index contributed by atoms with van der Waals surface area (Å²) in [6, 6.07) is 19.4. The monoisotopic (exact) mass is 401 g/mol. The second-order valence-corrected chi connectivity index (χ2v) is 7.95. The van der Waals surface area contributed by atoms with E-state index in [1.165, 1.54) is 0 Å². The summed E-state index contributed by atoms with van der Waals surface area (Å²) in [5.41, 5.74) is 2.00. The Morgan fingerprint density at radius 2 is 1.97 bits per heavy atom. The van der Waals surface area contributed by atoms with Crippen LogP contribution in [0.25, 0.3) is 10.9 Å². The lowest BCUT2D eigenvalue weighted by molar-refractivity contribution is -0.180. The van der Waals surface area contributed by atoms with Crippen molar-refractivity contribution in [3.05, 3.63) is 78.0 Å². The van der Waals surface area contributed by atoms with Crippen LogP contribution in [0.2, 0.25) is 0 Å². The van der Waals surface area contributed by atoms with Gasteiger partial charge in [-0.2, -0.15) is 0 Å². The number of amides is 2. The van der Waals surface area contributed by atoms with E-state index in [0.717, 1.165) is 16.5 Å². The number of nitrogens with zero attached hydrogens (tertiary/aromatic N) is 3. The van der Waals surface area contributed by atoms with Crippen LogP contribution >= 0.6 is 0 Å². The Balaban J connectivity index is 1.46. The lowest BCUT2D eigenvalue weighted by atomic mass is 9.76. The van der Waals surface area contributed by atoms with Crippen molar-refractivity contribution < 1.29 is 14.3 Å². The van der Waals surface area contributed by atoms with E-state index in [1.54, 1.807) is 6.20 Å². The number of hydrogen-bond acceptors (Lipinski definition) is 4. The minimum Gasteiger partial charge on any atom is -0.364 e. The fraction of sp³-hybridized carbons (Fsp3) is 0.292. The molecule has 0 unspecified atom stereocenters. The van der Waals surface area contributed by atoms with Crippen molar-refractivity contribution in [2.75, 3.05) is 26.7 Å². The minimum atomic E-state index is -0.555. The molecular weight excluding hydrogens is 378 g/mol. The topological polar surface area (TPSA) is 62.7 Å². The van der Waals surface area contributed by atoms with Gasteiger partial charge in [-0.3, -0.25) is 14.6 Å². The van der Waals surface area contributed by atoms with Crippen molar-refractivity contribution in [1.29, 1.82) is 0 Å². The minimum absolute atomic E-state index is 0.0226. The van der Waals surface area contributed by atoms with Crippen molar-refractivity contribution in [1.82, 2.24) is 14.8 Å². The highest BCUT2D eigenvalue weighted by atomic mass is 16.5. The highest BCUT2D eigenvalue weighted by Gasteiger charge is 2.53. The zero-order chi connectivity index (χ0) is 20.7. The van der Waals surface area contributed by atoms with Crippen LogP contribution in [0.3, 0.4) is 0 Å². The van der Waals surface area contributed by atoms with Crippen molar-refractivity contribution in [3.63, 3.8) is 0 Å². The molecule has 2 fully saturated rings. The molecule has 0 radical (unpaired) electrons. The van der Waals surface area contributed by atoms with E-state index in [9.17, 15) is 9.59 Å². The van der Waals surface area contributed by atoms with Crippen LogP contribution in [-0.2, 0) is 15.1 Å². The third-order valence-electron chi connectivity index (χ3n) is 6.47. The van der Waals surface area contributed by atoms with Gasteiger partial charge in [-0.25, -0.2) is 0 Å². The fourth-order valence-electron chi connectivity index (χ4n) is 4.80. The molecule has 2 saturated heterocycles. The number of likely N-dealkylation sites (tertiary alicyclic amines) is 1. The van der Waals surface area contributed by atoms with Crippen LogP contribution < -0.4 is 0 Å². The summed E-state index contributed by atoms with van der Waals surface area (Å²) < 4.78 is 6.01. The predicted octanol–water partition coefficient (Wildman–Crippen LogP) is 2.83. The van der Waals surface area contributed by atoms with E-state index >= 15 is 0 Å². The molecular formula is C24H23N3O3. The standard InChI is InChI=1S/C24H23N3O3/c1-26-22(28)16-30-21-15-27(13-11-24(21,26)19-7-3-2-4-8-19)23(29)18-9-10-20-17(14-18)6-5-12-25-20/h2-10,12,14,21H,11,13,15-16H2,1H3/t21-,24+/m1/s1. The van der Waals surface area contributed by atoms with Crippen molar-refractivity contribution >= 4 is 22.7 Å². The summed E-state index contributed by atoms with van der Waals surface area (Å²) in [7, 11) is 1.85. The first-order valence-electron chi connectivity index (χ1n) is 10.2. The third kappa shape index (κ3) is 2.87. The van der Waals surface area contributed by atoms with Crippen LogP contribution in [0.1, 0.15) is 22.3 Å². The van der Waals surface area contributed by atoms with Crippen LogP contribution in [0.4, 0.5) is 0 Å². The Labute approximate surface area is 175 Å². The van der Waals surface area contributed by atoms with E-state index in [-0.39, 0.29) is 24.5 Å². The number of piperidine rings is 1. The van der Waals surface area contributed by atoms with Gasteiger partial charge in [0.05, 0.1) is 11.1 Å². The maximum atomic E-state index is 13.3. The van der Waals surface area contributed by atoms with Gasteiger partial charge in [0, 0.05) is 37.3 Å². The molecule has 152 valence electrons. The summed E-state index contributed by atoms with van der Waals surface area (Å²) >= 11 is 0.